The average molecular weight is 332 g/mol. The predicted octanol–water partition coefficient (Wildman–Crippen LogP) is 4.63. The second-order valence-electron chi connectivity index (χ2n) is 6.10. The molecule has 0 aliphatic heterocycles. The van der Waals surface area contributed by atoms with Crippen molar-refractivity contribution < 1.29 is 9.37 Å². The molecule has 2 heterocycles. The second-order valence-corrected chi connectivity index (χ2v) is 6.10. The van der Waals surface area contributed by atoms with Crippen LogP contribution >= 0.6 is 0 Å². The summed E-state index contributed by atoms with van der Waals surface area (Å²) >= 11 is 0. The second kappa shape index (κ2) is 6.40. The van der Waals surface area contributed by atoms with Crippen LogP contribution in [0.2, 0.25) is 0 Å². The third kappa shape index (κ3) is 2.87. The van der Waals surface area contributed by atoms with Crippen molar-refractivity contribution in [3.8, 4) is 0 Å². The van der Waals surface area contributed by atoms with E-state index >= 15 is 0 Å². The molecule has 0 aliphatic carbocycles. The van der Waals surface area contributed by atoms with E-state index in [1.807, 2.05) is 42.7 Å². The van der Waals surface area contributed by atoms with E-state index in [1.165, 1.54) is 6.07 Å². The lowest BCUT2D eigenvalue weighted by molar-refractivity contribution is -0.378. The minimum Gasteiger partial charge on any atom is -0.371 e. The summed E-state index contributed by atoms with van der Waals surface area (Å²) in [7, 11) is 0. The Labute approximate surface area is 145 Å². The molecule has 0 spiro atoms. The molecule has 2 aromatic carbocycles. The molecule has 124 valence electrons. The van der Waals surface area contributed by atoms with Crippen molar-refractivity contribution in [2.45, 2.75) is 13.0 Å². The number of benzene rings is 2. The van der Waals surface area contributed by atoms with Gasteiger partial charge >= 0.3 is 0 Å². The first-order valence-electron chi connectivity index (χ1n) is 8.28. The number of anilines is 1. The minimum absolute atomic E-state index is 0.175. The number of nitrogens with one attached hydrogen (secondary N) is 3. The Balaban J connectivity index is 1.88. The molecule has 3 N–H and O–H groups in total. The van der Waals surface area contributed by atoms with Crippen molar-refractivity contribution in [2.24, 2.45) is 0 Å². The first kappa shape index (κ1) is 15.4. The Morgan fingerprint density at radius 2 is 1.80 bits per heavy atom. The molecule has 4 aromatic rings. The zero-order valence-electron chi connectivity index (χ0n) is 13.9. The first-order chi connectivity index (χ1) is 12.2. The van der Waals surface area contributed by atoms with E-state index in [9.17, 15) is 4.39 Å². The quantitative estimate of drug-likeness (QED) is 0.562. The molecule has 25 heavy (non-hydrogen) atoms. The van der Waals surface area contributed by atoms with Crippen LogP contribution in [0.5, 0.6) is 0 Å². The summed E-state index contributed by atoms with van der Waals surface area (Å²) in [4.78, 5) is 6.56. The van der Waals surface area contributed by atoms with E-state index in [1.54, 1.807) is 12.1 Å². The number of hydrogen-bond donors (Lipinski definition) is 2. The molecule has 0 fully saturated rings. The molecule has 3 nitrogen and oxygen atoms in total. The highest BCUT2D eigenvalue weighted by atomic mass is 19.1. The molecular formula is C21H19FN3+. The highest BCUT2D eigenvalue weighted by Crippen LogP contribution is 2.34. The number of fused-ring (bicyclic) bond motifs is 1. The third-order valence-corrected chi connectivity index (χ3v) is 4.47. The van der Waals surface area contributed by atoms with Gasteiger partial charge in [-0.05, 0) is 31.2 Å². The predicted molar refractivity (Wildman–Crippen MR) is 97.9 cm³/mol. The van der Waals surface area contributed by atoms with Gasteiger partial charge in [-0.2, -0.15) is 0 Å². The number of rotatable bonds is 4. The highest BCUT2D eigenvalue weighted by Gasteiger charge is 2.23. The summed E-state index contributed by atoms with van der Waals surface area (Å²) < 4.78 is 14.2. The van der Waals surface area contributed by atoms with Gasteiger partial charge in [0.1, 0.15) is 5.82 Å². The number of para-hydroxylation sites is 2. The molecule has 0 aliphatic rings. The Morgan fingerprint density at radius 3 is 2.60 bits per heavy atom. The van der Waals surface area contributed by atoms with Crippen LogP contribution in [-0.4, -0.2) is 4.98 Å². The summed E-state index contributed by atoms with van der Waals surface area (Å²) in [5.74, 6) is -0.259. The summed E-state index contributed by atoms with van der Waals surface area (Å²) in [6.45, 7) is 2.05. The zero-order chi connectivity index (χ0) is 17.2. The Kier molecular flexibility index (Phi) is 3.94. The Morgan fingerprint density at radius 1 is 1.00 bits per heavy atom. The smallest absolute Gasteiger partial charge is 0.172 e. The van der Waals surface area contributed by atoms with Gasteiger partial charge < -0.3 is 10.3 Å². The van der Waals surface area contributed by atoms with Crippen LogP contribution in [0.1, 0.15) is 22.9 Å². The van der Waals surface area contributed by atoms with Crippen molar-refractivity contribution in [2.75, 3.05) is 5.32 Å². The standard InChI is InChI=1S/C21H18FN3/c1-14-20(16-8-2-4-10-18(16)24-14)21(15-7-6-12-23-13-15)25-19-11-5-3-9-17(19)22/h2-13,21,24-25H,1H3/p+1. The number of aromatic nitrogens is 2. The topological polar surface area (TPSA) is 42.0 Å². The highest BCUT2D eigenvalue weighted by molar-refractivity contribution is 5.86. The van der Waals surface area contributed by atoms with E-state index in [2.05, 4.69) is 34.3 Å². The van der Waals surface area contributed by atoms with E-state index in [4.69, 9.17) is 0 Å². The van der Waals surface area contributed by atoms with Crippen molar-refractivity contribution in [1.29, 1.82) is 0 Å². The number of hydrogen-bond acceptors (Lipinski definition) is 1. The van der Waals surface area contributed by atoms with Crippen LogP contribution in [0.3, 0.4) is 0 Å². The molecule has 0 saturated carbocycles. The molecule has 0 amide bonds. The number of H-pyrrole nitrogens is 2. The molecule has 2 aromatic heterocycles. The lowest BCUT2D eigenvalue weighted by atomic mass is 9.97. The van der Waals surface area contributed by atoms with Gasteiger partial charge in [0.25, 0.3) is 0 Å². The molecule has 0 radical (unpaired) electrons. The summed E-state index contributed by atoms with van der Waals surface area (Å²) in [5.41, 5.74) is 4.80. The third-order valence-electron chi connectivity index (χ3n) is 4.47. The maximum Gasteiger partial charge on any atom is 0.172 e. The van der Waals surface area contributed by atoms with Gasteiger partial charge in [0.2, 0.25) is 0 Å². The van der Waals surface area contributed by atoms with Gasteiger partial charge in [0, 0.05) is 33.8 Å². The van der Waals surface area contributed by atoms with Crippen molar-refractivity contribution >= 4 is 16.6 Å². The van der Waals surface area contributed by atoms with Crippen LogP contribution in [0.25, 0.3) is 10.9 Å². The Hall–Kier alpha value is -3.14. The van der Waals surface area contributed by atoms with Gasteiger partial charge in [-0.1, -0.05) is 30.3 Å². The molecule has 4 heteroatoms. The fourth-order valence-electron chi connectivity index (χ4n) is 3.31. The summed E-state index contributed by atoms with van der Waals surface area (Å²) in [6, 6.07) is 18.8. The molecule has 0 bridgehead atoms. The van der Waals surface area contributed by atoms with Gasteiger partial charge in [0.05, 0.1) is 11.7 Å². The van der Waals surface area contributed by atoms with Crippen molar-refractivity contribution in [1.82, 2.24) is 4.98 Å². The average Bonchev–Trinajstić information content (AvgIpc) is 2.97. The van der Waals surface area contributed by atoms with Gasteiger partial charge in [-0.25, -0.2) is 9.37 Å². The monoisotopic (exact) mass is 332 g/mol. The molecule has 1 atom stereocenters. The first-order valence-corrected chi connectivity index (χ1v) is 8.28. The zero-order valence-corrected chi connectivity index (χ0v) is 13.9. The largest absolute Gasteiger partial charge is 0.371 e. The number of aryl methyl sites for hydroxylation is 1. The van der Waals surface area contributed by atoms with Gasteiger partial charge in [-0.15, -0.1) is 0 Å². The van der Waals surface area contributed by atoms with E-state index in [-0.39, 0.29) is 11.9 Å². The fraction of sp³-hybridized carbons (Fsp3) is 0.0952. The maximum atomic E-state index is 14.2. The molecule has 1 unspecified atom stereocenters. The van der Waals surface area contributed by atoms with Crippen LogP contribution < -0.4 is 10.3 Å². The summed E-state index contributed by atoms with van der Waals surface area (Å²) in [5, 5.41) is 4.52. The lowest BCUT2D eigenvalue weighted by Crippen LogP contribution is -2.16. The Bertz CT molecular complexity index is 1010. The molecule has 0 saturated heterocycles. The lowest BCUT2D eigenvalue weighted by Gasteiger charge is -2.20. The van der Waals surface area contributed by atoms with Crippen LogP contribution in [-0.2, 0) is 0 Å². The van der Waals surface area contributed by atoms with Crippen LogP contribution in [0.4, 0.5) is 10.1 Å². The van der Waals surface area contributed by atoms with Crippen molar-refractivity contribution in [3.05, 3.63) is 95.7 Å². The van der Waals surface area contributed by atoms with E-state index in [0.717, 1.165) is 27.7 Å². The SMILES string of the molecule is Cc1[nH]c2ccccc2c1C(Nc1ccccc1F)c1ccc[nH+]c1. The molecule has 4 rings (SSSR count). The van der Waals surface area contributed by atoms with Gasteiger partial charge in [-0.3, -0.25) is 0 Å². The van der Waals surface area contributed by atoms with Crippen LogP contribution in [0, 0.1) is 12.7 Å². The normalized spacial score (nSPS) is 12.2. The number of aromatic amines is 2. The summed E-state index contributed by atoms with van der Waals surface area (Å²) in [6.07, 6.45) is 3.81. The van der Waals surface area contributed by atoms with Gasteiger partial charge in [0.15, 0.2) is 12.4 Å². The van der Waals surface area contributed by atoms with Crippen LogP contribution in [0.15, 0.2) is 73.1 Å². The molecular weight excluding hydrogens is 313 g/mol. The minimum atomic E-state index is -0.259. The van der Waals surface area contributed by atoms with E-state index < -0.39 is 0 Å². The fourth-order valence-corrected chi connectivity index (χ4v) is 3.31. The number of halogens is 1. The van der Waals surface area contributed by atoms with Crippen molar-refractivity contribution in [3.63, 3.8) is 0 Å². The number of pyridine rings is 1. The maximum absolute atomic E-state index is 14.2. The van der Waals surface area contributed by atoms with E-state index in [0.29, 0.717) is 5.69 Å².